The van der Waals surface area contributed by atoms with Gasteiger partial charge < -0.3 is 15.0 Å². The maximum atomic E-state index is 12.5. The number of nitrogens with one attached hydrogen (secondary N) is 1. The lowest BCUT2D eigenvalue weighted by atomic mass is 10.2. The highest BCUT2D eigenvalue weighted by molar-refractivity contribution is 5.74. The predicted octanol–water partition coefficient (Wildman–Crippen LogP) is 3.11. The number of hydrogen-bond donors (Lipinski definition) is 1. The molecule has 0 bridgehead atoms. The van der Waals surface area contributed by atoms with E-state index in [1.165, 1.54) is 0 Å². The summed E-state index contributed by atoms with van der Waals surface area (Å²) < 4.78 is 7.02. The lowest BCUT2D eigenvalue weighted by Crippen LogP contribution is -2.38. The number of carbonyl (C=O) groups excluding carboxylic acids is 1. The van der Waals surface area contributed by atoms with Crippen molar-refractivity contribution in [3.05, 3.63) is 66.4 Å². The van der Waals surface area contributed by atoms with E-state index >= 15 is 0 Å². The molecule has 0 aliphatic carbocycles. The second kappa shape index (κ2) is 8.12. The van der Waals surface area contributed by atoms with Gasteiger partial charge in [-0.25, -0.2) is 9.48 Å². The van der Waals surface area contributed by atoms with E-state index in [0.717, 1.165) is 29.0 Å². The van der Waals surface area contributed by atoms with Gasteiger partial charge in [0.25, 0.3) is 0 Å². The number of methoxy groups -OCH3 is 1. The van der Waals surface area contributed by atoms with Crippen LogP contribution in [0.2, 0.25) is 0 Å². The number of likely N-dealkylation sites (tertiary alicyclic amines) is 1. The number of hydrogen-bond acceptors (Lipinski definition) is 4. The number of carbonyl (C=O) groups is 1. The maximum absolute atomic E-state index is 12.5. The smallest absolute Gasteiger partial charge is 0.317 e. The molecular weight excluding hydrogens is 354 g/mol. The molecule has 1 atom stereocenters. The summed E-state index contributed by atoms with van der Waals surface area (Å²) >= 11 is 0. The Morgan fingerprint density at radius 2 is 1.96 bits per heavy atom. The third-order valence-electron chi connectivity index (χ3n) is 5.01. The topological polar surface area (TPSA) is 72.3 Å². The number of amides is 2. The van der Waals surface area contributed by atoms with Crippen LogP contribution in [0.4, 0.5) is 4.79 Å². The first-order chi connectivity index (χ1) is 13.7. The minimum Gasteiger partial charge on any atom is -0.497 e. The molecule has 1 N–H and O–H groups in total. The quantitative estimate of drug-likeness (QED) is 0.742. The first-order valence-corrected chi connectivity index (χ1v) is 9.36. The van der Waals surface area contributed by atoms with Gasteiger partial charge in [-0.2, -0.15) is 0 Å². The minimum atomic E-state index is -0.0540. The second-order valence-corrected chi connectivity index (χ2v) is 6.85. The van der Waals surface area contributed by atoms with Crippen LogP contribution in [-0.4, -0.2) is 46.1 Å². The normalized spacial score (nSPS) is 16.2. The van der Waals surface area contributed by atoms with Crippen molar-refractivity contribution in [1.82, 2.24) is 25.2 Å². The van der Waals surface area contributed by atoms with Gasteiger partial charge in [-0.3, -0.25) is 0 Å². The third kappa shape index (κ3) is 3.98. The van der Waals surface area contributed by atoms with E-state index < -0.39 is 0 Å². The number of ether oxygens (including phenoxy) is 1. The van der Waals surface area contributed by atoms with Gasteiger partial charge in [-0.1, -0.05) is 47.7 Å². The summed E-state index contributed by atoms with van der Waals surface area (Å²) in [5, 5.41) is 11.5. The van der Waals surface area contributed by atoms with Gasteiger partial charge in [0.05, 0.1) is 19.3 Å². The van der Waals surface area contributed by atoms with Crippen LogP contribution in [0, 0.1) is 0 Å². The van der Waals surface area contributed by atoms with Crippen molar-refractivity contribution in [2.75, 3.05) is 20.2 Å². The van der Waals surface area contributed by atoms with Crippen molar-refractivity contribution in [1.29, 1.82) is 0 Å². The number of rotatable bonds is 5. The molecule has 144 valence electrons. The molecule has 3 aromatic rings. The van der Waals surface area contributed by atoms with Crippen LogP contribution in [0.15, 0.2) is 60.8 Å². The Bertz CT molecular complexity index is 923. The molecule has 2 heterocycles. The van der Waals surface area contributed by atoms with Gasteiger partial charge in [0.1, 0.15) is 11.4 Å². The molecule has 2 aromatic carbocycles. The lowest BCUT2D eigenvalue weighted by Gasteiger charge is -2.17. The van der Waals surface area contributed by atoms with Crippen molar-refractivity contribution < 1.29 is 9.53 Å². The number of urea groups is 1. The summed E-state index contributed by atoms with van der Waals surface area (Å²) in [5.41, 5.74) is 2.93. The molecule has 7 nitrogen and oxygen atoms in total. The number of aromatic nitrogens is 3. The summed E-state index contributed by atoms with van der Waals surface area (Å²) in [6.45, 7) is 1.83. The Morgan fingerprint density at radius 1 is 1.18 bits per heavy atom. The molecule has 1 aliphatic heterocycles. The average Bonchev–Trinajstić information content (AvgIpc) is 3.43. The molecule has 1 unspecified atom stereocenters. The summed E-state index contributed by atoms with van der Waals surface area (Å²) in [7, 11) is 1.64. The van der Waals surface area contributed by atoms with Crippen LogP contribution in [0.5, 0.6) is 5.75 Å². The zero-order valence-corrected chi connectivity index (χ0v) is 15.8. The minimum absolute atomic E-state index is 0.0540. The summed E-state index contributed by atoms with van der Waals surface area (Å²) in [4.78, 5) is 14.3. The zero-order chi connectivity index (χ0) is 19.3. The van der Waals surface area contributed by atoms with E-state index in [9.17, 15) is 4.79 Å². The van der Waals surface area contributed by atoms with Crippen LogP contribution in [0.3, 0.4) is 0 Å². The molecule has 1 aromatic heterocycles. The number of nitrogens with zero attached hydrogens (tertiary/aromatic N) is 4. The Kier molecular flexibility index (Phi) is 5.23. The van der Waals surface area contributed by atoms with Gasteiger partial charge in [0, 0.05) is 25.2 Å². The predicted molar refractivity (Wildman–Crippen MR) is 106 cm³/mol. The van der Waals surface area contributed by atoms with E-state index in [0.29, 0.717) is 19.6 Å². The molecule has 7 heteroatoms. The van der Waals surface area contributed by atoms with E-state index in [1.807, 2.05) is 70.4 Å². The molecule has 0 spiro atoms. The standard InChI is InChI=1S/C21H23N5O2/c1-28-19-9-7-16(8-10-19)13-22-21(27)25-12-11-18(14-25)26-15-20(23-24-26)17-5-3-2-4-6-17/h2-10,15,18H,11-14H2,1H3,(H,22,27). The van der Waals surface area contributed by atoms with Crippen LogP contribution < -0.4 is 10.1 Å². The molecule has 4 rings (SSSR count). The molecule has 1 saturated heterocycles. The first kappa shape index (κ1) is 18.0. The van der Waals surface area contributed by atoms with Gasteiger partial charge >= 0.3 is 6.03 Å². The van der Waals surface area contributed by atoms with E-state index in [4.69, 9.17) is 4.74 Å². The third-order valence-corrected chi connectivity index (χ3v) is 5.01. The highest BCUT2D eigenvalue weighted by atomic mass is 16.5. The molecule has 2 amide bonds. The Balaban J connectivity index is 1.32. The van der Waals surface area contributed by atoms with Gasteiger partial charge in [0.15, 0.2) is 0 Å². The largest absolute Gasteiger partial charge is 0.497 e. The lowest BCUT2D eigenvalue weighted by molar-refractivity contribution is 0.206. The Morgan fingerprint density at radius 3 is 2.71 bits per heavy atom. The van der Waals surface area contributed by atoms with Crippen molar-refractivity contribution in [3.63, 3.8) is 0 Å². The number of benzene rings is 2. The molecule has 1 fully saturated rings. The Hall–Kier alpha value is -3.35. The summed E-state index contributed by atoms with van der Waals surface area (Å²) in [6, 6.07) is 17.8. The first-order valence-electron chi connectivity index (χ1n) is 9.36. The van der Waals surface area contributed by atoms with Gasteiger partial charge in [-0.15, -0.1) is 5.10 Å². The van der Waals surface area contributed by atoms with Gasteiger partial charge in [-0.05, 0) is 24.1 Å². The van der Waals surface area contributed by atoms with Crippen LogP contribution in [-0.2, 0) is 6.54 Å². The molecule has 1 aliphatic rings. The fourth-order valence-corrected chi connectivity index (χ4v) is 3.37. The van der Waals surface area contributed by atoms with E-state index in [2.05, 4.69) is 15.6 Å². The highest BCUT2D eigenvalue weighted by Crippen LogP contribution is 2.23. The van der Waals surface area contributed by atoms with E-state index in [-0.39, 0.29) is 12.1 Å². The summed E-state index contributed by atoms with van der Waals surface area (Å²) in [5.74, 6) is 0.806. The fraction of sp³-hybridized carbons (Fsp3) is 0.286. The van der Waals surface area contributed by atoms with Crippen molar-refractivity contribution in [2.45, 2.75) is 19.0 Å². The summed E-state index contributed by atoms with van der Waals surface area (Å²) in [6.07, 6.45) is 2.83. The Labute approximate surface area is 163 Å². The van der Waals surface area contributed by atoms with Crippen LogP contribution in [0.25, 0.3) is 11.3 Å². The average molecular weight is 377 g/mol. The maximum Gasteiger partial charge on any atom is 0.317 e. The van der Waals surface area contributed by atoms with E-state index in [1.54, 1.807) is 7.11 Å². The molecule has 0 radical (unpaired) electrons. The second-order valence-electron chi connectivity index (χ2n) is 6.85. The van der Waals surface area contributed by atoms with Crippen molar-refractivity contribution in [2.24, 2.45) is 0 Å². The van der Waals surface area contributed by atoms with Crippen molar-refractivity contribution >= 4 is 6.03 Å². The van der Waals surface area contributed by atoms with Crippen molar-refractivity contribution in [3.8, 4) is 17.0 Å². The van der Waals surface area contributed by atoms with Crippen LogP contribution >= 0.6 is 0 Å². The van der Waals surface area contributed by atoms with Crippen LogP contribution in [0.1, 0.15) is 18.0 Å². The zero-order valence-electron chi connectivity index (χ0n) is 15.8. The monoisotopic (exact) mass is 377 g/mol. The SMILES string of the molecule is COc1ccc(CNC(=O)N2CCC(n3cc(-c4ccccc4)nn3)C2)cc1. The fourth-order valence-electron chi connectivity index (χ4n) is 3.37. The van der Waals surface area contributed by atoms with Gasteiger partial charge in [0.2, 0.25) is 0 Å². The molecule has 0 saturated carbocycles. The molecular formula is C21H23N5O2. The molecule has 28 heavy (non-hydrogen) atoms. The highest BCUT2D eigenvalue weighted by Gasteiger charge is 2.28.